The molecule has 0 saturated heterocycles. The summed E-state index contributed by atoms with van der Waals surface area (Å²) in [5, 5.41) is 19.9. The number of anilines is 1. The summed E-state index contributed by atoms with van der Waals surface area (Å²) >= 11 is 0. The van der Waals surface area contributed by atoms with Crippen molar-refractivity contribution in [2.45, 2.75) is 0 Å². The first-order valence-electron chi connectivity index (χ1n) is 6.04. The van der Waals surface area contributed by atoms with Crippen molar-refractivity contribution in [1.29, 1.82) is 5.41 Å². The average Bonchev–Trinajstić information content (AvgIpc) is 2.50. The van der Waals surface area contributed by atoms with Gasteiger partial charge in [-0.15, -0.1) is 0 Å². The topological polar surface area (TPSA) is 98.2 Å². The summed E-state index contributed by atoms with van der Waals surface area (Å²) in [5.41, 5.74) is -0.820. The molecule has 1 aromatic heterocycles. The molecule has 0 aliphatic rings. The van der Waals surface area contributed by atoms with Gasteiger partial charge in [-0.05, 0) is 12.1 Å². The van der Waals surface area contributed by atoms with Gasteiger partial charge >= 0.3 is 0 Å². The van der Waals surface area contributed by atoms with Crippen molar-refractivity contribution in [3.63, 3.8) is 0 Å². The monoisotopic (exact) mass is 291 g/mol. The summed E-state index contributed by atoms with van der Waals surface area (Å²) in [4.78, 5) is 14.7. The van der Waals surface area contributed by atoms with Crippen molar-refractivity contribution >= 4 is 12.0 Å². The van der Waals surface area contributed by atoms with E-state index < -0.39 is 17.0 Å². The van der Waals surface area contributed by atoms with Crippen LogP contribution in [0.3, 0.4) is 0 Å². The van der Waals surface area contributed by atoms with Crippen LogP contribution < -0.4 is 15.5 Å². The third kappa shape index (κ3) is 2.45. The number of halogens is 1. The Hall–Kier alpha value is -2.83. The lowest BCUT2D eigenvalue weighted by atomic mass is 10.1. The maximum absolute atomic E-state index is 14.1. The molecular formula is C14H14FN3O3. The molecular weight excluding hydrogens is 277 g/mol. The first-order valence-corrected chi connectivity index (χ1v) is 6.04. The van der Waals surface area contributed by atoms with Crippen LogP contribution in [0.15, 0.2) is 23.0 Å². The fourth-order valence-corrected chi connectivity index (χ4v) is 1.96. The third-order valence-electron chi connectivity index (χ3n) is 3.06. The van der Waals surface area contributed by atoms with Gasteiger partial charge in [0, 0.05) is 24.9 Å². The Labute approximate surface area is 119 Å². The minimum Gasteiger partial charge on any atom is -0.503 e. The number of H-pyrrole nitrogens is 1. The second-order valence-corrected chi connectivity index (χ2v) is 4.21. The van der Waals surface area contributed by atoms with Crippen LogP contribution in [-0.2, 0) is 0 Å². The molecule has 0 aliphatic carbocycles. The molecule has 0 amide bonds. The van der Waals surface area contributed by atoms with E-state index in [0.717, 1.165) is 12.3 Å². The molecule has 0 unspecified atom stereocenters. The van der Waals surface area contributed by atoms with Gasteiger partial charge in [-0.3, -0.25) is 4.79 Å². The minimum absolute atomic E-state index is 0.0263. The number of ether oxygens (including phenoxy) is 1. The highest BCUT2D eigenvalue weighted by atomic mass is 19.1. The van der Waals surface area contributed by atoms with Crippen molar-refractivity contribution < 1.29 is 14.2 Å². The van der Waals surface area contributed by atoms with Gasteiger partial charge in [-0.1, -0.05) is 0 Å². The number of pyridine rings is 1. The second-order valence-electron chi connectivity index (χ2n) is 4.21. The largest absolute Gasteiger partial charge is 0.503 e. The van der Waals surface area contributed by atoms with E-state index >= 15 is 0 Å². The van der Waals surface area contributed by atoms with Gasteiger partial charge < -0.3 is 25.6 Å². The Morgan fingerprint density at radius 2 is 2.19 bits per heavy atom. The average molecular weight is 291 g/mol. The fourth-order valence-electron chi connectivity index (χ4n) is 1.96. The lowest BCUT2D eigenvalue weighted by molar-refractivity contribution is 0.411. The highest BCUT2D eigenvalue weighted by molar-refractivity contribution is 5.87. The van der Waals surface area contributed by atoms with Crippen LogP contribution in [0.1, 0.15) is 5.56 Å². The van der Waals surface area contributed by atoms with E-state index in [-0.39, 0.29) is 22.6 Å². The first-order chi connectivity index (χ1) is 10.0. The third-order valence-corrected chi connectivity index (χ3v) is 3.06. The summed E-state index contributed by atoms with van der Waals surface area (Å²) in [7, 11) is 2.95. The van der Waals surface area contributed by atoms with Gasteiger partial charge in [0.25, 0.3) is 0 Å². The van der Waals surface area contributed by atoms with E-state index in [9.17, 15) is 14.3 Å². The zero-order chi connectivity index (χ0) is 15.6. The first kappa shape index (κ1) is 14.6. The Balaban J connectivity index is 2.73. The molecule has 1 aromatic carbocycles. The summed E-state index contributed by atoms with van der Waals surface area (Å²) in [5.74, 6) is -0.748. The molecule has 2 rings (SSSR count). The lowest BCUT2D eigenvalue weighted by Crippen LogP contribution is -2.14. The summed E-state index contributed by atoms with van der Waals surface area (Å²) in [6.45, 7) is 0. The van der Waals surface area contributed by atoms with E-state index in [1.165, 1.54) is 19.2 Å². The number of aromatic hydroxyl groups is 1. The number of benzene rings is 1. The SMILES string of the molecule is CNc1[nH]c(-c2ccc(OC)cc2F)c(O)c(=O)c1C=N. The van der Waals surface area contributed by atoms with Crippen LogP contribution >= 0.6 is 0 Å². The molecule has 0 atom stereocenters. The molecule has 0 spiro atoms. The van der Waals surface area contributed by atoms with E-state index in [4.69, 9.17) is 10.1 Å². The Morgan fingerprint density at radius 3 is 2.71 bits per heavy atom. The van der Waals surface area contributed by atoms with Gasteiger partial charge in [0.2, 0.25) is 5.43 Å². The van der Waals surface area contributed by atoms with E-state index in [1.807, 2.05) is 0 Å². The fraction of sp³-hybridized carbons (Fsp3) is 0.143. The van der Waals surface area contributed by atoms with Gasteiger partial charge in [0.15, 0.2) is 5.75 Å². The molecule has 0 fully saturated rings. The normalized spacial score (nSPS) is 10.2. The minimum atomic E-state index is -0.752. The van der Waals surface area contributed by atoms with E-state index in [1.54, 1.807) is 7.05 Å². The van der Waals surface area contributed by atoms with Crippen molar-refractivity contribution in [3.8, 4) is 22.8 Å². The standard InChI is InChI=1S/C14H14FN3O3/c1-17-14-9(6-16)12(19)13(20)11(18-14)8-4-3-7(21-2)5-10(8)15/h3-6,16,20H,1-2H3,(H2,17,18,19). The molecule has 4 N–H and O–H groups in total. The smallest absolute Gasteiger partial charge is 0.234 e. The van der Waals surface area contributed by atoms with Crippen LogP contribution in [0.4, 0.5) is 10.2 Å². The molecule has 0 radical (unpaired) electrons. The lowest BCUT2D eigenvalue weighted by Gasteiger charge is -2.12. The van der Waals surface area contributed by atoms with Crippen LogP contribution in [0.25, 0.3) is 11.3 Å². The molecule has 6 nitrogen and oxygen atoms in total. The molecule has 110 valence electrons. The number of rotatable bonds is 4. The Kier molecular flexibility index (Phi) is 3.93. The predicted molar refractivity (Wildman–Crippen MR) is 78.1 cm³/mol. The van der Waals surface area contributed by atoms with Crippen molar-refractivity contribution in [1.82, 2.24) is 4.98 Å². The highest BCUT2D eigenvalue weighted by Crippen LogP contribution is 2.30. The van der Waals surface area contributed by atoms with Crippen molar-refractivity contribution in [2.24, 2.45) is 0 Å². The summed E-state index contributed by atoms with van der Waals surface area (Å²) < 4.78 is 19.0. The number of aromatic amines is 1. The van der Waals surface area contributed by atoms with Crippen LogP contribution in [-0.4, -0.2) is 30.5 Å². The van der Waals surface area contributed by atoms with Gasteiger partial charge in [-0.2, -0.15) is 0 Å². The molecule has 2 aromatic rings. The van der Waals surface area contributed by atoms with Gasteiger partial charge in [0.05, 0.1) is 18.4 Å². The zero-order valence-corrected chi connectivity index (χ0v) is 11.5. The highest BCUT2D eigenvalue weighted by Gasteiger charge is 2.18. The summed E-state index contributed by atoms with van der Waals surface area (Å²) in [6.07, 6.45) is 0.818. The quantitative estimate of drug-likeness (QED) is 0.647. The molecule has 0 bridgehead atoms. The van der Waals surface area contributed by atoms with Crippen molar-refractivity contribution in [3.05, 3.63) is 39.8 Å². The number of methoxy groups -OCH3 is 1. The second kappa shape index (κ2) is 5.66. The van der Waals surface area contributed by atoms with Gasteiger partial charge in [-0.25, -0.2) is 4.39 Å². The zero-order valence-electron chi connectivity index (χ0n) is 11.5. The summed E-state index contributed by atoms with van der Waals surface area (Å²) in [6, 6.07) is 4.05. The molecule has 0 saturated carbocycles. The number of nitrogens with one attached hydrogen (secondary N) is 3. The van der Waals surface area contributed by atoms with Crippen LogP contribution in [0.5, 0.6) is 11.5 Å². The molecule has 21 heavy (non-hydrogen) atoms. The maximum atomic E-state index is 14.1. The molecule has 7 heteroatoms. The van der Waals surface area contributed by atoms with Crippen LogP contribution in [0, 0.1) is 11.2 Å². The van der Waals surface area contributed by atoms with Crippen molar-refractivity contribution in [2.75, 3.05) is 19.5 Å². The molecule has 0 aliphatic heterocycles. The molecule has 1 heterocycles. The number of hydrogen-bond donors (Lipinski definition) is 4. The number of hydrogen-bond acceptors (Lipinski definition) is 5. The maximum Gasteiger partial charge on any atom is 0.234 e. The van der Waals surface area contributed by atoms with E-state index in [2.05, 4.69) is 10.3 Å². The van der Waals surface area contributed by atoms with Gasteiger partial charge in [0.1, 0.15) is 17.4 Å². The predicted octanol–water partition coefficient (Wildman–Crippen LogP) is 1.93. The Morgan fingerprint density at radius 1 is 1.48 bits per heavy atom. The van der Waals surface area contributed by atoms with E-state index in [0.29, 0.717) is 5.75 Å². The number of aromatic nitrogens is 1. The van der Waals surface area contributed by atoms with Crippen LogP contribution in [0.2, 0.25) is 0 Å². The Bertz CT molecular complexity index is 756.